The van der Waals surface area contributed by atoms with Crippen LogP contribution in [0.1, 0.15) is 13.3 Å². The highest BCUT2D eigenvalue weighted by molar-refractivity contribution is 5.99. The van der Waals surface area contributed by atoms with Crippen molar-refractivity contribution in [2.45, 2.75) is 25.5 Å². The van der Waals surface area contributed by atoms with E-state index >= 15 is 0 Å². The van der Waals surface area contributed by atoms with Crippen molar-refractivity contribution >= 4 is 35.6 Å². The highest BCUT2D eigenvalue weighted by atomic mass is 35.5. The fourth-order valence-electron chi connectivity index (χ4n) is 2.47. The van der Waals surface area contributed by atoms with Crippen LogP contribution < -0.4 is 20.7 Å². The molecule has 2 aliphatic rings. The third-order valence-electron chi connectivity index (χ3n) is 3.62. The van der Waals surface area contributed by atoms with Crippen LogP contribution in [0.15, 0.2) is 18.2 Å². The van der Waals surface area contributed by atoms with Crippen LogP contribution in [-0.2, 0) is 14.3 Å². The van der Waals surface area contributed by atoms with Gasteiger partial charge in [0, 0.05) is 24.7 Å². The van der Waals surface area contributed by atoms with Crippen molar-refractivity contribution in [2.75, 3.05) is 30.4 Å². The second-order valence-corrected chi connectivity index (χ2v) is 5.44. The zero-order valence-corrected chi connectivity index (χ0v) is 13.6. The van der Waals surface area contributed by atoms with Crippen LogP contribution in [0.25, 0.3) is 0 Å². The van der Waals surface area contributed by atoms with Gasteiger partial charge in [-0.1, -0.05) is 0 Å². The Kier molecular flexibility index (Phi) is 5.81. The zero-order chi connectivity index (χ0) is 15.5. The molecule has 2 heterocycles. The van der Waals surface area contributed by atoms with Gasteiger partial charge in [0.1, 0.15) is 5.75 Å². The number of rotatable bonds is 3. The van der Waals surface area contributed by atoms with E-state index in [1.54, 1.807) is 25.1 Å². The van der Waals surface area contributed by atoms with E-state index < -0.39 is 6.10 Å². The summed E-state index contributed by atoms with van der Waals surface area (Å²) in [6.45, 7) is 3.67. The predicted octanol–water partition coefficient (Wildman–Crippen LogP) is 1.14. The second kappa shape index (κ2) is 7.63. The van der Waals surface area contributed by atoms with Gasteiger partial charge in [-0.3, -0.25) is 9.59 Å². The molecule has 2 aliphatic heterocycles. The molecule has 2 amide bonds. The fourth-order valence-corrected chi connectivity index (χ4v) is 2.47. The van der Waals surface area contributed by atoms with Gasteiger partial charge < -0.3 is 25.4 Å². The summed E-state index contributed by atoms with van der Waals surface area (Å²) in [5.41, 5.74) is 1.19. The molecule has 0 saturated carbocycles. The lowest BCUT2D eigenvalue weighted by molar-refractivity contribution is -0.122. The third kappa shape index (κ3) is 4.34. The molecule has 0 aromatic heterocycles. The number of anilines is 2. The van der Waals surface area contributed by atoms with Gasteiger partial charge in [0.05, 0.1) is 18.9 Å². The lowest BCUT2D eigenvalue weighted by atomic mass is 10.1. The van der Waals surface area contributed by atoms with Crippen LogP contribution in [0, 0.1) is 0 Å². The van der Waals surface area contributed by atoms with E-state index in [-0.39, 0.29) is 30.3 Å². The van der Waals surface area contributed by atoms with Gasteiger partial charge in [0.2, 0.25) is 5.91 Å². The van der Waals surface area contributed by atoms with Crippen LogP contribution in [0.4, 0.5) is 11.4 Å². The molecule has 3 N–H and O–H groups in total. The highest BCUT2D eigenvalue weighted by Crippen LogP contribution is 2.32. The molecule has 1 fully saturated rings. The summed E-state index contributed by atoms with van der Waals surface area (Å²) in [6.07, 6.45) is -0.165. The van der Waals surface area contributed by atoms with Gasteiger partial charge in [-0.05, 0) is 25.1 Å². The zero-order valence-electron chi connectivity index (χ0n) is 12.8. The molecule has 0 bridgehead atoms. The average molecular weight is 342 g/mol. The van der Waals surface area contributed by atoms with E-state index in [2.05, 4.69) is 16.0 Å². The van der Waals surface area contributed by atoms with E-state index in [0.29, 0.717) is 36.8 Å². The maximum atomic E-state index is 12.0. The third-order valence-corrected chi connectivity index (χ3v) is 3.62. The van der Waals surface area contributed by atoms with Crippen molar-refractivity contribution in [3.8, 4) is 5.75 Å². The molecule has 0 spiro atoms. The first-order chi connectivity index (χ1) is 10.6. The van der Waals surface area contributed by atoms with E-state index in [9.17, 15) is 9.59 Å². The summed E-state index contributed by atoms with van der Waals surface area (Å²) >= 11 is 0. The van der Waals surface area contributed by atoms with E-state index in [0.717, 1.165) is 6.54 Å². The Morgan fingerprint density at radius 1 is 1.43 bits per heavy atom. The Balaban J connectivity index is 0.00000192. The standard InChI is InChI=1S/C15H19N3O4.ClH/c1-9-15(20)18-12-6-10(2-3-13(12)22-9)17-14(19)7-11-8-21-5-4-16-11;/h2-3,6,9,11,16H,4-5,7-8H2,1H3,(H,17,19)(H,18,20);1H. The molecular weight excluding hydrogens is 322 g/mol. The fraction of sp³-hybridized carbons (Fsp3) is 0.467. The SMILES string of the molecule is CC1Oc2ccc(NC(=O)CC3COCCN3)cc2NC1=O.Cl. The molecule has 1 aromatic carbocycles. The van der Waals surface area contributed by atoms with Gasteiger partial charge in [0.25, 0.3) is 5.91 Å². The van der Waals surface area contributed by atoms with Gasteiger partial charge in [0.15, 0.2) is 6.10 Å². The molecule has 3 rings (SSSR count). The Hall–Kier alpha value is -1.83. The smallest absolute Gasteiger partial charge is 0.265 e. The monoisotopic (exact) mass is 341 g/mol. The molecule has 1 aromatic rings. The molecule has 7 nitrogen and oxygen atoms in total. The van der Waals surface area contributed by atoms with Crippen LogP contribution in [0.2, 0.25) is 0 Å². The first kappa shape index (κ1) is 17.5. The lowest BCUT2D eigenvalue weighted by Gasteiger charge is -2.24. The first-order valence-electron chi connectivity index (χ1n) is 7.34. The number of amides is 2. The number of hydrogen-bond acceptors (Lipinski definition) is 5. The van der Waals surface area contributed by atoms with Gasteiger partial charge in [-0.15, -0.1) is 12.4 Å². The predicted molar refractivity (Wildman–Crippen MR) is 88.3 cm³/mol. The van der Waals surface area contributed by atoms with Crippen LogP contribution in [-0.4, -0.2) is 43.7 Å². The minimum absolute atomic E-state index is 0. The number of carbonyl (C=O) groups is 2. The normalized spacial score (nSPS) is 22.9. The minimum Gasteiger partial charge on any atom is -0.479 e. The van der Waals surface area contributed by atoms with Crippen molar-refractivity contribution in [1.82, 2.24) is 5.32 Å². The first-order valence-corrected chi connectivity index (χ1v) is 7.34. The lowest BCUT2D eigenvalue weighted by Crippen LogP contribution is -2.43. The van der Waals surface area contributed by atoms with E-state index in [1.807, 2.05) is 0 Å². The summed E-state index contributed by atoms with van der Waals surface area (Å²) in [7, 11) is 0. The topological polar surface area (TPSA) is 88.7 Å². The van der Waals surface area contributed by atoms with E-state index in [1.165, 1.54) is 0 Å². The molecule has 0 radical (unpaired) electrons. The Bertz CT molecular complexity index is 590. The van der Waals surface area contributed by atoms with Crippen molar-refractivity contribution in [3.63, 3.8) is 0 Å². The number of nitrogens with one attached hydrogen (secondary N) is 3. The summed E-state index contributed by atoms with van der Waals surface area (Å²) < 4.78 is 10.8. The number of hydrogen-bond donors (Lipinski definition) is 3. The second-order valence-electron chi connectivity index (χ2n) is 5.44. The molecule has 1 saturated heterocycles. The van der Waals surface area contributed by atoms with Crippen LogP contribution >= 0.6 is 12.4 Å². The number of carbonyl (C=O) groups excluding carboxylic acids is 2. The molecule has 2 atom stereocenters. The van der Waals surface area contributed by atoms with Gasteiger partial charge in [-0.25, -0.2) is 0 Å². The van der Waals surface area contributed by atoms with Crippen molar-refractivity contribution in [1.29, 1.82) is 0 Å². The summed E-state index contributed by atoms with van der Waals surface area (Å²) in [5.74, 6) is 0.311. The summed E-state index contributed by atoms with van der Waals surface area (Å²) in [5, 5.41) is 8.81. The molecule has 126 valence electrons. The number of ether oxygens (including phenoxy) is 2. The van der Waals surface area contributed by atoms with Gasteiger partial charge in [-0.2, -0.15) is 0 Å². The van der Waals surface area contributed by atoms with Crippen molar-refractivity contribution in [3.05, 3.63) is 18.2 Å². The quantitative estimate of drug-likeness (QED) is 0.767. The highest BCUT2D eigenvalue weighted by Gasteiger charge is 2.24. The molecule has 23 heavy (non-hydrogen) atoms. The maximum Gasteiger partial charge on any atom is 0.265 e. The minimum atomic E-state index is -0.509. The summed E-state index contributed by atoms with van der Waals surface area (Å²) in [4.78, 5) is 23.6. The number of fused-ring (bicyclic) bond motifs is 1. The molecule has 8 heteroatoms. The van der Waals surface area contributed by atoms with E-state index in [4.69, 9.17) is 9.47 Å². The maximum absolute atomic E-state index is 12.0. The van der Waals surface area contributed by atoms with Crippen molar-refractivity contribution in [2.24, 2.45) is 0 Å². The Labute approximate surface area is 140 Å². The number of benzene rings is 1. The average Bonchev–Trinajstić information content (AvgIpc) is 2.49. The Morgan fingerprint density at radius 3 is 3.00 bits per heavy atom. The van der Waals surface area contributed by atoms with Crippen LogP contribution in [0.3, 0.4) is 0 Å². The van der Waals surface area contributed by atoms with Crippen molar-refractivity contribution < 1.29 is 19.1 Å². The number of morpholine rings is 1. The molecule has 0 aliphatic carbocycles. The van der Waals surface area contributed by atoms with Crippen LogP contribution in [0.5, 0.6) is 5.75 Å². The number of halogens is 1. The Morgan fingerprint density at radius 2 is 2.26 bits per heavy atom. The van der Waals surface area contributed by atoms with Gasteiger partial charge >= 0.3 is 0 Å². The largest absolute Gasteiger partial charge is 0.479 e. The molecular formula is C15H20ClN3O4. The molecule has 2 unspecified atom stereocenters. The summed E-state index contributed by atoms with van der Waals surface area (Å²) in [6, 6.07) is 5.23.